The summed E-state index contributed by atoms with van der Waals surface area (Å²) in [5.41, 5.74) is -0.415. The van der Waals surface area contributed by atoms with Crippen molar-refractivity contribution < 1.29 is 23.4 Å². The minimum atomic E-state index is -2.57. The number of ether oxygens (including phenoxy) is 2. The number of rotatable bonds is 3. The van der Waals surface area contributed by atoms with Gasteiger partial charge in [0.25, 0.3) is 6.43 Å². The third kappa shape index (κ3) is 2.14. The molecule has 1 aliphatic carbocycles. The quantitative estimate of drug-likeness (QED) is 0.902. The molecule has 1 saturated carbocycles. The van der Waals surface area contributed by atoms with Crippen LogP contribution in [-0.2, 0) is 6.42 Å². The van der Waals surface area contributed by atoms with E-state index in [1.807, 2.05) is 0 Å². The number of aliphatic hydroxyl groups is 1. The number of hydrogen-bond donors (Lipinski definition) is 1. The zero-order valence-electron chi connectivity index (χ0n) is 9.79. The summed E-state index contributed by atoms with van der Waals surface area (Å²) in [6, 6.07) is 2.91. The fourth-order valence-corrected chi connectivity index (χ4v) is 2.18. The Bertz CT molecular complexity index is 470. The normalized spacial score (nSPS) is 20.0. The smallest absolute Gasteiger partial charge is 0.264 e. The van der Waals surface area contributed by atoms with Crippen molar-refractivity contribution in [2.24, 2.45) is 0 Å². The maximum atomic E-state index is 13.0. The zero-order valence-corrected chi connectivity index (χ0v) is 9.79. The van der Waals surface area contributed by atoms with Crippen LogP contribution < -0.4 is 9.47 Å². The van der Waals surface area contributed by atoms with E-state index in [4.69, 9.17) is 9.47 Å². The minimum Gasteiger partial charge on any atom is -0.486 e. The third-order valence-electron chi connectivity index (χ3n) is 3.39. The lowest BCUT2D eigenvalue weighted by Crippen LogP contribution is -2.18. The number of alkyl halides is 2. The van der Waals surface area contributed by atoms with Gasteiger partial charge in [0, 0.05) is 12.0 Å². The molecule has 98 valence electrons. The molecule has 0 saturated heterocycles. The number of hydrogen-bond acceptors (Lipinski definition) is 3. The maximum Gasteiger partial charge on any atom is 0.264 e. The van der Waals surface area contributed by atoms with Gasteiger partial charge in [0.2, 0.25) is 0 Å². The molecule has 1 N–H and O–H groups in total. The lowest BCUT2D eigenvalue weighted by molar-refractivity contribution is 0.135. The van der Waals surface area contributed by atoms with Crippen LogP contribution in [0.25, 0.3) is 0 Å². The Hall–Kier alpha value is -1.36. The van der Waals surface area contributed by atoms with E-state index in [2.05, 4.69) is 0 Å². The van der Waals surface area contributed by atoms with Crippen LogP contribution in [0.3, 0.4) is 0 Å². The van der Waals surface area contributed by atoms with E-state index >= 15 is 0 Å². The van der Waals surface area contributed by atoms with Gasteiger partial charge >= 0.3 is 0 Å². The lowest BCUT2D eigenvalue weighted by Gasteiger charge is -2.22. The Morgan fingerprint density at radius 3 is 2.33 bits per heavy atom. The highest BCUT2D eigenvalue weighted by molar-refractivity contribution is 5.49. The zero-order chi connectivity index (χ0) is 12.8. The number of fused-ring (bicyclic) bond motifs is 1. The van der Waals surface area contributed by atoms with Crippen molar-refractivity contribution in [1.29, 1.82) is 0 Å². The molecule has 3 nitrogen and oxygen atoms in total. The molecule has 5 heteroatoms. The largest absolute Gasteiger partial charge is 0.486 e. The molecule has 1 aromatic carbocycles. The van der Waals surface area contributed by atoms with Gasteiger partial charge in [0.1, 0.15) is 13.2 Å². The Balaban J connectivity index is 1.98. The summed E-state index contributed by atoms with van der Waals surface area (Å²) in [5, 5.41) is 9.88. The summed E-state index contributed by atoms with van der Waals surface area (Å²) in [7, 11) is 0. The lowest BCUT2D eigenvalue weighted by atomic mass is 9.99. The van der Waals surface area contributed by atoms with Crippen molar-refractivity contribution in [3.05, 3.63) is 23.3 Å². The van der Waals surface area contributed by atoms with E-state index in [0.29, 0.717) is 43.1 Å². The Kier molecular flexibility index (Phi) is 2.66. The Morgan fingerprint density at radius 2 is 1.78 bits per heavy atom. The van der Waals surface area contributed by atoms with Crippen LogP contribution >= 0.6 is 0 Å². The van der Waals surface area contributed by atoms with E-state index in [9.17, 15) is 13.9 Å². The molecule has 0 aromatic heterocycles. The van der Waals surface area contributed by atoms with Gasteiger partial charge in [-0.1, -0.05) is 0 Å². The van der Waals surface area contributed by atoms with Crippen molar-refractivity contribution in [3.8, 4) is 11.5 Å². The highest BCUT2D eigenvalue weighted by Crippen LogP contribution is 2.43. The summed E-state index contributed by atoms with van der Waals surface area (Å²) in [6.45, 7) is 0.795. The van der Waals surface area contributed by atoms with Gasteiger partial charge in [-0.05, 0) is 30.5 Å². The van der Waals surface area contributed by atoms with E-state index in [1.165, 1.54) is 6.07 Å². The van der Waals surface area contributed by atoms with Crippen LogP contribution in [0.2, 0.25) is 0 Å². The summed E-state index contributed by atoms with van der Waals surface area (Å²) in [5.74, 6) is 0.855. The molecule has 0 unspecified atom stereocenters. The van der Waals surface area contributed by atoms with Crippen molar-refractivity contribution in [1.82, 2.24) is 0 Å². The molecule has 1 fully saturated rings. The number of halogens is 2. The predicted octanol–water partition coefficient (Wildman–Crippen LogP) is 2.46. The molecular weight excluding hydrogens is 242 g/mol. The van der Waals surface area contributed by atoms with Crippen molar-refractivity contribution >= 4 is 0 Å². The summed E-state index contributed by atoms with van der Waals surface area (Å²) < 4.78 is 36.7. The van der Waals surface area contributed by atoms with Crippen LogP contribution in [0.5, 0.6) is 11.5 Å². The highest BCUT2D eigenvalue weighted by Gasteiger charge is 2.41. The maximum absolute atomic E-state index is 13.0. The average Bonchev–Trinajstić information content (AvgIpc) is 3.05. The summed E-state index contributed by atoms with van der Waals surface area (Å²) in [6.07, 6.45) is -0.976. The topological polar surface area (TPSA) is 38.7 Å². The molecule has 1 heterocycles. The monoisotopic (exact) mass is 256 g/mol. The SMILES string of the molecule is OC1(Cc2cc3c(cc2C(F)F)OCCO3)CC1. The first-order valence-electron chi connectivity index (χ1n) is 6.00. The fraction of sp³-hybridized carbons (Fsp3) is 0.538. The first-order valence-corrected chi connectivity index (χ1v) is 6.00. The molecule has 18 heavy (non-hydrogen) atoms. The van der Waals surface area contributed by atoms with Crippen LogP contribution in [0.15, 0.2) is 12.1 Å². The van der Waals surface area contributed by atoms with Gasteiger partial charge in [-0.15, -0.1) is 0 Å². The molecule has 1 aromatic rings. The number of benzene rings is 1. The van der Waals surface area contributed by atoms with Gasteiger partial charge in [-0.3, -0.25) is 0 Å². The standard InChI is InChI=1S/C13H14F2O3/c14-12(15)9-6-11-10(17-3-4-18-11)5-8(9)7-13(16)1-2-13/h5-6,12,16H,1-4,7H2. The summed E-state index contributed by atoms with van der Waals surface area (Å²) in [4.78, 5) is 0. The third-order valence-corrected chi connectivity index (χ3v) is 3.39. The molecule has 3 rings (SSSR count). The molecule has 0 spiro atoms. The molecule has 2 aliphatic rings. The van der Waals surface area contributed by atoms with Gasteiger partial charge in [0.15, 0.2) is 11.5 Å². The van der Waals surface area contributed by atoms with E-state index in [-0.39, 0.29) is 12.0 Å². The fourth-order valence-electron chi connectivity index (χ4n) is 2.18. The van der Waals surface area contributed by atoms with E-state index < -0.39 is 12.0 Å². The first kappa shape index (κ1) is 11.7. The molecular formula is C13H14F2O3. The van der Waals surface area contributed by atoms with Gasteiger partial charge < -0.3 is 14.6 Å². The van der Waals surface area contributed by atoms with Crippen molar-refractivity contribution in [2.45, 2.75) is 31.3 Å². The summed E-state index contributed by atoms with van der Waals surface area (Å²) >= 11 is 0. The second-order valence-corrected chi connectivity index (χ2v) is 4.90. The molecule has 1 aliphatic heterocycles. The Morgan fingerprint density at radius 1 is 1.17 bits per heavy atom. The second-order valence-electron chi connectivity index (χ2n) is 4.90. The van der Waals surface area contributed by atoms with E-state index in [1.54, 1.807) is 6.07 Å². The molecule has 0 amide bonds. The van der Waals surface area contributed by atoms with Crippen LogP contribution in [0.1, 0.15) is 30.4 Å². The van der Waals surface area contributed by atoms with Crippen LogP contribution in [0, 0.1) is 0 Å². The predicted molar refractivity (Wildman–Crippen MR) is 60.3 cm³/mol. The minimum absolute atomic E-state index is 0.0698. The molecule has 0 atom stereocenters. The second kappa shape index (κ2) is 4.09. The first-order chi connectivity index (χ1) is 8.57. The Labute approximate surface area is 103 Å². The van der Waals surface area contributed by atoms with Crippen LogP contribution in [-0.4, -0.2) is 23.9 Å². The van der Waals surface area contributed by atoms with Crippen LogP contribution in [0.4, 0.5) is 8.78 Å². The average molecular weight is 256 g/mol. The van der Waals surface area contributed by atoms with Crippen molar-refractivity contribution in [3.63, 3.8) is 0 Å². The van der Waals surface area contributed by atoms with Gasteiger partial charge in [-0.2, -0.15) is 0 Å². The van der Waals surface area contributed by atoms with Crippen molar-refractivity contribution in [2.75, 3.05) is 13.2 Å². The van der Waals surface area contributed by atoms with Gasteiger partial charge in [-0.25, -0.2) is 8.78 Å². The highest BCUT2D eigenvalue weighted by atomic mass is 19.3. The molecule has 0 bridgehead atoms. The van der Waals surface area contributed by atoms with E-state index in [0.717, 1.165) is 0 Å². The van der Waals surface area contributed by atoms with Gasteiger partial charge in [0.05, 0.1) is 5.60 Å². The molecule has 0 radical (unpaired) electrons.